The Labute approximate surface area is 174 Å². The van der Waals surface area contributed by atoms with Crippen LogP contribution in [0, 0.1) is 0 Å². The molecule has 0 spiro atoms. The molecule has 0 unspecified atom stereocenters. The third-order valence-electron chi connectivity index (χ3n) is 4.82. The van der Waals surface area contributed by atoms with E-state index in [4.69, 9.17) is 14.6 Å². The second-order valence-electron chi connectivity index (χ2n) is 6.92. The lowest BCUT2D eigenvalue weighted by Gasteiger charge is -2.15. The molecule has 1 atom stereocenters. The number of alkyl carbamates (subject to hydrolysis) is 1. The molecule has 8 nitrogen and oxygen atoms in total. The number of hydrogen-bond donors (Lipinski definition) is 3. The Hall–Kier alpha value is -3.39. The number of nitrogens with one attached hydrogen (secondary N) is 2. The Bertz CT molecular complexity index is 884. The van der Waals surface area contributed by atoms with Crippen LogP contribution in [0.5, 0.6) is 0 Å². The number of amides is 2. The summed E-state index contributed by atoms with van der Waals surface area (Å²) in [7, 11) is 0. The number of carbonyl (C=O) groups is 3. The highest BCUT2D eigenvalue weighted by Crippen LogP contribution is 2.44. The smallest absolute Gasteiger partial charge is 0.407 e. The van der Waals surface area contributed by atoms with E-state index in [9.17, 15) is 14.4 Å². The van der Waals surface area contributed by atoms with Crippen molar-refractivity contribution in [3.63, 3.8) is 0 Å². The largest absolute Gasteiger partial charge is 0.480 e. The standard InChI is InChI=1S/C22H24N2O6/c1-14(25)24-20(21(26)27)13-29-11-10-23-22(28)30-12-19-17-8-4-2-6-15(17)16-7-3-5-9-18(16)19/h2-9,19-20H,10-13H2,1H3,(H,23,28)(H,24,25)(H,26,27)/t20-/m0/s1. The molecule has 0 saturated carbocycles. The maximum absolute atomic E-state index is 12.0. The van der Waals surface area contributed by atoms with Crippen molar-refractivity contribution in [2.45, 2.75) is 18.9 Å². The van der Waals surface area contributed by atoms with Crippen LogP contribution in [0.4, 0.5) is 4.79 Å². The molecule has 0 radical (unpaired) electrons. The number of aliphatic carboxylic acids is 1. The molecule has 8 heteroatoms. The Morgan fingerprint density at radius 2 is 1.63 bits per heavy atom. The number of hydrogen-bond acceptors (Lipinski definition) is 5. The maximum atomic E-state index is 12.0. The van der Waals surface area contributed by atoms with Crippen LogP contribution >= 0.6 is 0 Å². The quantitative estimate of drug-likeness (QED) is 0.544. The summed E-state index contributed by atoms with van der Waals surface area (Å²) >= 11 is 0. The molecule has 2 amide bonds. The van der Waals surface area contributed by atoms with Gasteiger partial charge in [-0.15, -0.1) is 0 Å². The molecule has 0 aliphatic heterocycles. The molecule has 0 heterocycles. The number of carboxylic acid groups (broad SMARTS) is 1. The fourth-order valence-electron chi connectivity index (χ4n) is 3.50. The molecule has 0 saturated heterocycles. The van der Waals surface area contributed by atoms with Crippen LogP contribution in [-0.2, 0) is 19.1 Å². The summed E-state index contributed by atoms with van der Waals surface area (Å²) < 4.78 is 10.6. The third-order valence-corrected chi connectivity index (χ3v) is 4.82. The molecular weight excluding hydrogens is 388 g/mol. The van der Waals surface area contributed by atoms with Crippen LogP contribution in [-0.4, -0.2) is 55.5 Å². The molecule has 0 bridgehead atoms. The van der Waals surface area contributed by atoms with Crippen LogP contribution in [0.25, 0.3) is 11.1 Å². The van der Waals surface area contributed by atoms with Gasteiger partial charge in [0.1, 0.15) is 6.61 Å². The molecule has 30 heavy (non-hydrogen) atoms. The highest BCUT2D eigenvalue weighted by atomic mass is 16.5. The van der Waals surface area contributed by atoms with E-state index >= 15 is 0 Å². The van der Waals surface area contributed by atoms with Gasteiger partial charge in [-0.2, -0.15) is 0 Å². The van der Waals surface area contributed by atoms with E-state index in [2.05, 4.69) is 22.8 Å². The molecule has 1 aliphatic carbocycles. The van der Waals surface area contributed by atoms with Gasteiger partial charge in [0.05, 0.1) is 13.2 Å². The normalized spacial score (nSPS) is 13.1. The van der Waals surface area contributed by atoms with E-state index in [1.807, 2.05) is 36.4 Å². The fourth-order valence-corrected chi connectivity index (χ4v) is 3.50. The molecule has 2 aromatic rings. The van der Waals surface area contributed by atoms with Gasteiger partial charge >= 0.3 is 12.1 Å². The zero-order chi connectivity index (χ0) is 21.5. The maximum Gasteiger partial charge on any atom is 0.407 e. The summed E-state index contributed by atoms with van der Waals surface area (Å²) in [5.41, 5.74) is 4.57. The van der Waals surface area contributed by atoms with E-state index in [1.165, 1.54) is 6.92 Å². The topological polar surface area (TPSA) is 114 Å². The number of carboxylic acids is 1. The van der Waals surface area contributed by atoms with Gasteiger partial charge in [-0.1, -0.05) is 48.5 Å². The SMILES string of the molecule is CC(=O)N[C@@H](COCCNC(=O)OCC1c2ccccc2-c2ccccc21)C(=O)O. The van der Waals surface area contributed by atoms with Crippen LogP contribution < -0.4 is 10.6 Å². The summed E-state index contributed by atoms with van der Waals surface area (Å²) in [5, 5.41) is 13.8. The molecule has 3 rings (SSSR count). The van der Waals surface area contributed by atoms with Gasteiger partial charge in [0.15, 0.2) is 6.04 Å². The van der Waals surface area contributed by atoms with E-state index in [-0.39, 0.29) is 32.3 Å². The molecule has 3 N–H and O–H groups in total. The van der Waals surface area contributed by atoms with Crippen molar-refractivity contribution in [1.82, 2.24) is 10.6 Å². The lowest BCUT2D eigenvalue weighted by Crippen LogP contribution is -2.43. The zero-order valence-electron chi connectivity index (χ0n) is 16.6. The second-order valence-corrected chi connectivity index (χ2v) is 6.92. The number of benzene rings is 2. The minimum absolute atomic E-state index is 0.0200. The Balaban J connectivity index is 1.43. The van der Waals surface area contributed by atoms with Gasteiger partial charge in [0, 0.05) is 19.4 Å². The van der Waals surface area contributed by atoms with Crippen molar-refractivity contribution in [2.24, 2.45) is 0 Å². The van der Waals surface area contributed by atoms with Gasteiger partial charge in [0.25, 0.3) is 0 Å². The minimum Gasteiger partial charge on any atom is -0.480 e. The van der Waals surface area contributed by atoms with Gasteiger partial charge in [-0.05, 0) is 22.3 Å². The summed E-state index contributed by atoms with van der Waals surface area (Å²) in [6.07, 6.45) is -0.572. The van der Waals surface area contributed by atoms with Crippen LogP contribution in [0.1, 0.15) is 24.0 Å². The molecule has 1 aliphatic rings. The van der Waals surface area contributed by atoms with Crippen LogP contribution in [0.2, 0.25) is 0 Å². The van der Waals surface area contributed by atoms with Crippen molar-refractivity contribution in [1.29, 1.82) is 0 Å². The lowest BCUT2D eigenvalue weighted by molar-refractivity contribution is -0.143. The number of fused-ring (bicyclic) bond motifs is 3. The zero-order valence-corrected chi connectivity index (χ0v) is 16.6. The van der Waals surface area contributed by atoms with E-state index in [1.54, 1.807) is 0 Å². The Kier molecular flexibility index (Phi) is 7.03. The monoisotopic (exact) mass is 412 g/mol. The third kappa shape index (κ3) is 5.15. The summed E-state index contributed by atoms with van der Waals surface area (Å²) in [6.45, 7) is 1.50. The number of rotatable bonds is 9. The first-order valence-corrected chi connectivity index (χ1v) is 9.64. The summed E-state index contributed by atoms with van der Waals surface area (Å²) in [6, 6.07) is 15.0. The highest BCUT2D eigenvalue weighted by Gasteiger charge is 2.28. The van der Waals surface area contributed by atoms with Gasteiger partial charge in [-0.25, -0.2) is 9.59 Å². The Morgan fingerprint density at radius 3 is 2.20 bits per heavy atom. The molecule has 2 aromatic carbocycles. The number of ether oxygens (including phenoxy) is 2. The molecule has 158 valence electrons. The first-order valence-electron chi connectivity index (χ1n) is 9.64. The molecular formula is C22H24N2O6. The van der Waals surface area contributed by atoms with Crippen molar-refractivity contribution in [2.75, 3.05) is 26.4 Å². The predicted octanol–water partition coefficient (Wildman–Crippen LogP) is 2.13. The summed E-state index contributed by atoms with van der Waals surface area (Å²) in [4.78, 5) is 34.0. The van der Waals surface area contributed by atoms with Gasteiger partial charge < -0.3 is 25.2 Å². The van der Waals surface area contributed by atoms with Crippen molar-refractivity contribution in [3.8, 4) is 11.1 Å². The van der Waals surface area contributed by atoms with E-state index in [0.29, 0.717) is 0 Å². The second kappa shape index (κ2) is 9.89. The van der Waals surface area contributed by atoms with E-state index in [0.717, 1.165) is 22.3 Å². The number of carbonyl (C=O) groups excluding carboxylic acids is 2. The Morgan fingerprint density at radius 1 is 1.03 bits per heavy atom. The van der Waals surface area contributed by atoms with Gasteiger partial charge in [0.2, 0.25) is 5.91 Å². The average molecular weight is 412 g/mol. The fraction of sp³-hybridized carbons (Fsp3) is 0.318. The van der Waals surface area contributed by atoms with Gasteiger partial charge in [-0.3, -0.25) is 4.79 Å². The minimum atomic E-state index is -1.19. The van der Waals surface area contributed by atoms with Crippen LogP contribution in [0.15, 0.2) is 48.5 Å². The van der Waals surface area contributed by atoms with Crippen molar-refractivity contribution in [3.05, 3.63) is 59.7 Å². The first kappa shape index (κ1) is 21.3. The average Bonchev–Trinajstić information content (AvgIpc) is 3.04. The predicted molar refractivity (Wildman–Crippen MR) is 109 cm³/mol. The molecule has 0 fully saturated rings. The lowest BCUT2D eigenvalue weighted by atomic mass is 9.98. The molecule has 0 aromatic heterocycles. The summed E-state index contributed by atoms with van der Waals surface area (Å²) in [5.74, 6) is -1.66. The highest BCUT2D eigenvalue weighted by molar-refractivity contribution is 5.82. The van der Waals surface area contributed by atoms with Crippen molar-refractivity contribution < 1.29 is 29.0 Å². The van der Waals surface area contributed by atoms with E-state index < -0.39 is 24.0 Å². The first-order chi connectivity index (χ1) is 14.5. The van der Waals surface area contributed by atoms with Crippen LogP contribution in [0.3, 0.4) is 0 Å². The van der Waals surface area contributed by atoms with Crippen molar-refractivity contribution >= 4 is 18.0 Å².